The number of aryl methyl sites for hydroxylation is 1. The van der Waals surface area contributed by atoms with Crippen LogP contribution in [0.25, 0.3) is 0 Å². The van der Waals surface area contributed by atoms with Crippen molar-refractivity contribution in [3.05, 3.63) is 47.3 Å². The minimum absolute atomic E-state index is 0.0135. The lowest BCUT2D eigenvalue weighted by atomic mass is 10.1. The van der Waals surface area contributed by atoms with E-state index in [9.17, 15) is 4.79 Å². The van der Waals surface area contributed by atoms with Crippen LogP contribution in [0.4, 0.5) is 5.69 Å². The summed E-state index contributed by atoms with van der Waals surface area (Å²) in [5.74, 6) is -0.0135. The summed E-state index contributed by atoms with van der Waals surface area (Å²) in [6.07, 6.45) is 2.08. The number of benzene rings is 1. The zero-order valence-electron chi connectivity index (χ0n) is 10.2. The topological polar surface area (TPSA) is 83.8 Å². The van der Waals surface area contributed by atoms with Crippen molar-refractivity contribution in [1.29, 1.82) is 0 Å². The summed E-state index contributed by atoms with van der Waals surface area (Å²) >= 11 is 0. The Morgan fingerprint density at radius 1 is 1.39 bits per heavy atom. The van der Waals surface area contributed by atoms with Crippen LogP contribution in [0.15, 0.2) is 30.5 Å². The number of anilines is 1. The van der Waals surface area contributed by atoms with Crippen molar-refractivity contribution in [2.45, 2.75) is 19.9 Å². The van der Waals surface area contributed by atoms with E-state index in [2.05, 4.69) is 15.5 Å². The molecule has 0 aliphatic carbocycles. The van der Waals surface area contributed by atoms with Gasteiger partial charge in [-0.25, -0.2) is 0 Å². The van der Waals surface area contributed by atoms with Crippen LogP contribution in [-0.2, 0) is 17.8 Å². The zero-order valence-corrected chi connectivity index (χ0v) is 10.2. The molecule has 0 unspecified atom stereocenters. The number of nitrogens with one attached hydrogen (secondary N) is 2. The average Bonchev–Trinajstić information content (AvgIpc) is 2.75. The predicted molar refractivity (Wildman–Crippen MR) is 69.7 cm³/mol. The maximum Gasteiger partial charge on any atom is 0.224 e. The van der Waals surface area contributed by atoms with Crippen molar-refractivity contribution in [1.82, 2.24) is 15.5 Å². The lowest BCUT2D eigenvalue weighted by molar-refractivity contribution is -0.120. The van der Waals surface area contributed by atoms with Gasteiger partial charge in [0.1, 0.15) is 0 Å². The molecule has 0 aliphatic heterocycles. The van der Waals surface area contributed by atoms with Gasteiger partial charge in [-0.2, -0.15) is 5.10 Å². The number of rotatable bonds is 4. The highest BCUT2D eigenvalue weighted by atomic mass is 16.1. The van der Waals surface area contributed by atoms with Crippen molar-refractivity contribution in [2.75, 3.05) is 5.73 Å². The minimum Gasteiger partial charge on any atom is -0.399 e. The molecule has 0 atom stereocenters. The highest BCUT2D eigenvalue weighted by Crippen LogP contribution is 2.06. The summed E-state index contributed by atoms with van der Waals surface area (Å²) < 4.78 is 0. The Labute approximate surface area is 105 Å². The number of nitrogens with two attached hydrogens (primary N) is 1. The number of aromatic nitrogens is 2. The summed E-state index contributed by atoms with van der Waals surface area (Å²) in [6.45, 7) is 2.42. The molecule has 5 heteroatoms. The fourth-order valence-corrected chi connectivity index (χ4v) is 1.63. The van der Waals surface area contributed by atoms with Gasteiger partial charge in [0.05, 0.1) is 12.6 Å². The van der Waals surface area contributed by atoms with Crippen LogP contribution >= 0.6 is 0 Å². The van der Waals surface area contributed by atoms with Gasteiger partial charge in [-0.3, -0.25) is 9.89 Å². The van der Waals surface area contributed by atoms with Crippen LogP contribution in [-0.4, -0.2) is 16.1 Å². The molecule has 94 valence electrons. The lowest BCUT2D eigenvalue weighted by Gasteiger charge is -2.05. The number of nitrogen functional groups attached to an aromatic ring is 1. The third-order valence-corrected chi connectivity index (χ3v) is 2.75. The van der Waals surface area contributed by atoms with E-state index in [4.69, 9.17) is 5.73 Å². The molecule has 0 saturated heterocycles. The number of hydrogen-bond donors (Lipinski definition) is 3. The molecule has 0 aliphatic rings. The number of hydrogen-bond acceptors (Lipinski definition) is 3. The molecule has 5 nitrogen and oxygen atoms in total. The normalized spacial score (nSPS) is 10.3. The molecule has 1 amide bonds. The highest BCUT2D eigenvalue weighted by molar-refractivity contribution is 5.78. The van der Waals surface area contributed by atoms with Crippen LogP contribution in [0.2, 0.25) is 0 Å². The first-order valence-electron chi connectivity index (χ1n) is 5.75. The fraction of sp³-hybridized carbons (Fsp3) is 0.231. The summed E-state index contributed by atoms with van der Waals surface area (Å²) in [5.41, 5.74) is 9.21. The van der Waals surface area contributed by atoms with Crippen molar-refractivity contribution in [3.8, 4) is 0 Å². The van der Waals surface area contributed by atoms with E-state index in [1.165, 1.54) is 0 Å². The maximum atomic E-state index is 11.7. The Morgan fingerprint density at radius 2 is 2.11 bits per heavy atom. The van der Waals surface area contributed by atoms with Crippen LogP contribution in [0.1, 0.15) is 16.8 Å². The molecule has 2 aromatic rings. The summed E-state index contributed by atoms with van der Waals surface area (Å²) in [6, 6.07) is 7.31. The van der Waals surface area contributed by atoms with E-state index in [0.29, 0.717) is 18.7 Å². The number of aromatic amines is 1. The number of amides is 1. The van der Waals surface area contributed by atoms with Gasteiger partial charge in [-0.15, -0.1) is 0 Å². The first-order chi connectivity index (χ1) is 8.65. The van der Waals surface area contributed by atoms with E-state index < -0.39 is 0 Å². The van der Waals surface area contributed by atoms with Crippen molar-refractivity contribution >= 4 is 11.6 Å². The number of H-pyrrole nitrogens is 1. The van der Waals surface area contributed by atoms with Gasteiger partial charge in [-0.1, -0.05) is 12.1 Å². The van der Waals surface area contributed by atoms with E-state index in [1.807, 2.05) is 19.1 Å². The third kappa shape index (κ3) is 3.10. The number of nitrogens with zero attached hydrogens (tertiary/aromatic N) is 1. The van der Waals surface area contributed by atoms with Crippen LogP contribution < -0.4 is 11.1 Å². The Hall–Kier alpha value is -2.30. The maximum absolute atomic E-state index is 11.7. The van der Waals surface area contributed by atoms with Crippen molar-refractivity contribution in [3.63, 3.8) is 0 Å². The molecule has 0 spiro atoms. The molecule has 0 radical (unpaired) electrons. The molecule has 1 aromatic heterocycles. The minimum atomic E-state index is -0.0135. The average molecular weight is 244 g/mol. The van der Waals surface area contributed by atoms with E-state index >= 15 is 0 Å². The second-order valence-corrected chi connectivity index (χ2v) is 4.22. The fourth-order valence-electron chi connectivity index (χ4n) is 1.63. The monoisotopic (exact) mass is 244 g/mol. The van der Waals surface area contributed by atoms with Crippen molar-refractivity contribution in [2.24, 2.45) is 0 Å². The smallest absolute Gasteiger partial charge is 0.224 e. The van der Waals surface area contributed by atoms with Crippen LogP contribution in [0, 0.1) is 6.92 Å². The number of carbonyl (C=O) groups excluding carboxylic acids is 1. The standard InChI is InChI=1S/C13H16N4O/c1-9-11(8-16-17-9)7-15-13(18)6-10-2-4-12(14)5-3-10/h2-5,8H,6-7,14H2,1H3,(H,15,18)(H,16,17). The second kappa shape index (κ2) is 5.35. The summed E-state index contributed by atoms with van der Waals surface area (Å²) in [7, 11) is 0. The summed E-state index contributed by atoms with van der Waals surface area (Å²) in [5, 5.41) is 9.60. The molecule has 18 heavy (non-hydrogen) atoms. The molecule has 2 rings (SSSR count). The molecule has 0 saturated carbocycles. The SMILES string of the molecule is Cc1[nH]ncc1CNC(=O)Cc1ccc(N)cc1. The van der Waals surface area contributed by atoms with Gasteiger partial charge in [0, 0.05) is 23.5 Å². The van der Waals surface area contributed by atoms with Crippen molar-refractivity contribution < 1.29 is 4.79 Å². The van der Waals surface area contributed by atoms with Gasteiger partial charge in [0.2, 0.25) is 5.91 Å². The largest absolute Gasteiger partial charge is 0.399 e. The zero-order chi connectivity index (χ0) is 13.0. The highest BCUT2D eigenvalue weighted by Gasteiger charge is 2.05. The Bertz CT molecular complexity index is 530. The third-order valence-electron chi connectivity index (χ3n) is 2.75. The predicted octanol–water partition coefficient (Wildman–Crippen LogP) is 1.16. The van der Waals surface area contributed by atoms with Gasteiger partial charge in [-0.05, 0) is 24.6 Å². The molecule has 1 aromatic carbocycles. The quantitative estimate of drug-likeness (QED) is 0.706. The van der Waals surface area contributed by atoms with Crippen LogP contribution in [0.5, 0.6) is 0 Å². The molecular weight excluding hydrogens is 228 g/mol. The first kappa shape index (κ1) is 12.2. The Kier molecular flexibility index (Phi) is 3.62. The van der Waals surface area contributed by atoms with E-state index in [1.54, 1.807) is 18.3 Å². The first-order valence-corrected chi connectivity index (χ1v) is 5.75. The number of carbonyl (C=O) groups is 1. The molecule has 0 fully saturated rings. The molecule has 4 N–H and O–H groups in total. The van der Waals surface area contributed by atoms with E-state index in [0.717, 1.165) is 16.8 Å². The lowest BCUT2D eigenvalue weighted by Crippen LogP contribution is -2.24. The Morgan fingerprint density at radius 3 is 2.72 bits per heavy atom. The molecular formula is C13H16N4O. The molecule has 1 heterocycles. The Balaban J connectivity index is 1.86. The van der Waals surface area contributed by atoms with Gasteiger partial charge in [0.15, 0.2) is 0 Å². The van der Waals surface area contributed by atoms with E-state index in [-0.39, 0.29) is 5.91 Å². The van der Waals surface area contributed by atoms with Crippen LogP contribution in [0.3, 0.4) is 0 Å². The van der Waals surface area contributed by atoms with Gasteiger partial charge < -0.3 is 11.1 Å². The van der Waals surface area contributed by atoms with Gasteiger partial charge in [0.25, 0.3) is 0 Å². The molecule has 0 bridgehead atoms. The summed E-state index contributed by atoms with van der Waals surface area (Å²) in [4.78, 5) is 11.7. The second-order valence-electron chi connectivity index (χ2n) is 4.22. The van der Waals surface area contributed by atoms with Gasteiger partial charge >= 0.3 is 0 Å².